The predicted molar refractivity (Wildman–Crippen MR) is 172 cm³/mol. The maximum absolute atomic E-state index is 11.6. The molecule has 9 nitrogen and oxygen atoms in total. The number of esters is 1. The van der Waals surface area contributed by atoms with Crippen molar-refractivity contribution in [2.75, 3.05) is 99.1 Å². The molecule has 0 aliphatic heterocycles. The first-order chi connectivity index (χ1) is 21.3. The highest BCUT2D eigenvalue weighted by molar-refractivity contribution is 5.69. The van der Waals surface area contributed by atoms with Crippen molar-refractivity contribution in [3.63, 3.8) is 0 Å². The molecule has 0 saturated heterocycles. The number of carbonyl (C=O) groups excluding carboxylic acids is 1. The predicted octanol–water partition coefficient (Wildman–Crippen LogP) is 6.93. The molecule has 0 fully saturated rings. The quantitative estimate of drug-likeness (QED) is 0.0538. The second kappa shape index (κ2) is 39.2. The van der Waals surface area contributed by atoms with Gasteiger partial charge in [0, 0.05) is 13.0 Å². The molecule has 258 valence electrons. The van der Waals surface area contributed by atoms with Gasteiger partial charge in [0.05, 0.1) is 85.9 Å². The molecule has 0 spiro atoms. The van der Waals surface area contributed by atoms with Crippen LogP contribution in [0.4, 0.5) is 0 Å². The van der Waals surface area contributed by atoms with Crippen LogP contribution >= 0.6 is 0 Å². The van der Waals surface area contributed by atoms with E-state index in [9.17, 15) is 4.79 Å². The van der Waals surface area contributed by atoms with Crippen molar-refractivity contribution in [1.29, 1.82) is 0 Å². The van der Waals surface area contributed by atoms with E-state index in [0.717, 1.165) is 25.9 Å². The molecule has 0 atom stereocenters. The second-order valence-electron chi connectivity index (χ2n) is 10.9. The molecule has 0 aromatic rings. The summed E-state index contributed by atoms with van der Waals surface area (Å²) in [7, 11) is 0. The van der Waals surface area contributed by atoms with Gasteiger partial charge in [-0.25, -0.2) is 0 Å². The topological polar surface area (TPSA) is 90.9 Å². The van der Waals surface area contributed by atoms with Crippen LogP contribution in [0.15, 0.2) is 0 Å². The van der Waals surface area contributed by atoms with Crippen LogP contribution in [0.1, 0.15) is 117 Å². The molecule has 0 rings (SSSR count). The number of hydrogen-bond donors (Lipinski definition) is 0. The van der Waals surface area contributed by atoms with Gasteiger partial charge in [0.2, 0.25) is 0 Å². The number of rotatable bonds is 38. The summed E-state index contributed by atoms with van der Waals surface area (Å²) in [4.78, 5) is 11.6. The Morgan fingerprint density at radius 2 is 0.605 bits per heavy atom. The van der Waals surface area contributed by atoms with Gasteiger partial charge in [-0.05, 0) is 12.8 Å². The summed E-state index contributed by atoms with van der Waals surface area (Å²) in [6.45, 7) is 12.5. The first-order valence-corrected chi connectivity index (χ1v) is 17.5. The molecule has 43 heavy (non-hydrogen) atoms. The second-order valence-corrected chi connectivity index (χ2v) is 10.9. The van der Waals surface area contributed by atoms with Crippen LogP contribution < -0.4 is 0 Å². The zero-order chi connectivity index (χ0) is 31.2. The third kappa shape index (κ3) is 39.2. The Labute approximate surface area is 264 Å². The van der Waals surface area contributed by atoms with Gasteiger partial charge in [-0.15, -0.1) is 0 Å². The summed E-state index contributed by atoms with van der Waals surface area (Å²) < 4.78 is 43.7. The lowest BCUT2D eigenvalue weighted by Gasteiger charge is -2.09. The van der Waals surface area contributed by atoms with Crippen LogP contribution in [0.2, 0.25) is 0 Å². The highest BCUT2D eigenvalue weighted by atomic mass is 16.6. The Morgan fingerprint density at radius 3 is 0.977 bits per heavy atom. The van der Waals surface area contributed by atoms with Gasteiger partial charge in [0.1, 0.15) is 6.61 Å². The minimum atomic E-state index is -0.138. The summed E-state index contributed by atoms with van der Waals surface area (Å²) in [5.41, 5.74) is 0. The van der Waals surface area contributed by atoms with Crippen LogP contribution in [-0.4, -0.2) is 105 Å². The van der Waals surface area contributed by atoms with E-state index >= 15 is 0 Å². The molecule has 0 heterocycles. The lowest BCUT2D eigenvalue weighted by Crippen LogP contribution is -2.15. The zero-order valence-corrected chi connectivity index (χ0v) is 28.1. The fourth-order valence-electron chi connectivity index (χ4n) is 4.27. The van der Waals surface area contributed by atoms with Crippen LogP contribution in [0.3, 0.4) is 0 Å². The molecule has 0 bridgehead atoms. The lowest BCUT2D eigenvalue weighted by molar-refractivity contribution is -0.145. The maximum atomic E-state index is 11.6. The molecule has 0 aliphatic carbocycles. The first-order valence-electron chi connectivity index (χ1n) is 17.5. The summed E-state index contributed by atoms with van der Waals surface area (Å²) in [6, 6.07) is 0. The Kier molecular flexibility index (Phi) is 38.5. The largest absolute Gasteiger partial charge is 0.463 e. The zero-order valence-electron chi connectivity index (χ0n) is 28.1. The van der Waals surface area contributed by atoms with Gasteiger partial charge in [-0.3, -0.25) is 4.79 Å². The number of ether oxygens (including phenoxy) is 8. The highest BCUT2D eigenvalue weighted by Gasteiger charge is 2.02. The summed E-state index contributed by atoms with van der Waals surface area (Å²) in [5.74, 6) is -0.138. The summed E-state index contributed by atoms with van der Waals surface area (Å²) in [6.07, 6.45) is 19.5. The Hall–Kier alpha value is -0.810. The molecule has 0 aromatic carbocycles. The van der Waals surface area contributed by atoms with E-state index in [1.165, 1.54) is 77.0 Å². The number of unbranched alkanes of at least 4 members (excludes halogenated alkanes) is 13. The molecule has 0 radical (unpaired) electrons. The van der Waals surface area contributed by atoms with E-state index in [0.29, 0.717) is 98.9 Å². The van der Waals surface area contributed by atoms with Gasteiger partial charge < -0.3 is 37.9 Å². The van der Waals surface area contributed by atoms with Crippen molar-refractivity contribution in [3.8, 4) is 0 Å². The third-order valence-electron chi connectivity index (χ3n) is 6.85. The fourth-order valence-corrected chi connectivity index (χ4v) is 4.27. The normalized spacial score (nSPS) is 11.4. The minimum Gasteiger partial charge on any atom is -0.463 e. The van der Waals surface area contributed by atoms with Gasteiger partial charge >= 0.3 is 5.97 Å². The Balaban J connectivity index is 3.08. The summed E-state index contributed by atoms with van der Waals surface area (Å²) in [5, 5.41) is 0. The van der Waals surface area contributed by atoms with Gasteiger partial charge in [0.15, 0.2) is 0 Å². The molecule has 0 aliphatic rings. The highest BCUT2D eigenvalue weighted by Crippen LogP contribution is 2.10. The Bertz CT molecular complexity index is 522. The Morgan fingerprint density at radius 1 is 0.326 bits per heavy atom. The lowest BCUT2D eigenvalue weighted by atomic mass is 10.1. The van der Waals surface area contributed by atoms with E-state index < -0.39 is 0 Å². The van der Waals surface area contributed by atoms with Crippen molar-refractivity contribution < 1.29 is 42.7 Å². The van der Waals surface area contributed by atoms with Gasteiger partial charge in [-0.2, -0.15) is 0 Å². The van der Waals surface area contributed by atoms with Crippen molar-refractivity contribution >= 4 is 5.97 Å². The summed E-state index contributed by atoms with van der Waals surface area (Å²) >= 11 is 0. The van der Waals surface area contributed by atoms with Crippen LogP contribution in [0, 0.1) is 0 Å². The van der Waals surface area contributed by atoms with Crippen molar-refractivity contribution in [1.82, 2.24) is 0 Å². The van der Waals surface area contributed by atoms with E-state index in [1.54, 1.807) is 0 Å². The molecule has 0 saturated carbocycles. The maximum Gasteiger partial charge on any atom is 0.305 e. The fraction of sp³-hybridized carbons (Fsp3) is 0.971. The van der Waals surface area contributed by atoms with Gasteiger partial charge in [0.25, 0.3) is 0 Å². The number of hydrogen-bond acceptors (Lipinski definition) is 9. The molecular formula is C34H68O9. The van der Waals surface area contributed by atoms with Crippen LogP contribution in [0.25, 0.3) is 0 Å². The average molecular weight is 621 g/mol. The molecule has 0 aromatic heterocycles. The van der Waals surface area contributed by atoms with Crippen LogP contribution in [-0.2, 0) is 42.7 Å². The molecule has 9 heteroatoms. The monoisotopic (exact) mass is 620 g/mol. The molecular weight excluding hydrogens is 552 g/mol. The van der Waals surface area contributed by atoms with Crippen molar-refractivity contribution in [2.45, 2.75) is 117 Å². The first kappa shape index (κ1) is 42.2. The molecule has 0 amide bonds. The average Bonchev–Trinajstić information content (AvgIpc) is 3.01. The third-order valence-corrected chi connectivity index (χ3v) is 6.85. The standard InChI is InChI=1S/C34H68O9/c1-3-5-7-9-10-11-12-13-15-17-19-36-20-21-37-22-23-38-24-25-39-26-27-40-28-29-41-30-31-42-32-33-43-34(35)18-16-14-8-6-4-2/h3-33H2,1-2H3. The van der Waals surface area contributed by atoms with E-state index in [1.807, 2.05) is 0 Å². The van der Waals surface area contributed by atoms with E-state index in [2.05, 4.69) is 13.8 Å². The number of carbonyl (C=O) groups is 1. The molecule has 0 unspecified atom stereocenters. The molecule has 0 N–H and O–H groups in total. The van der Waals surface area contributed by atoms with E-state index in [4.69, 9.17) is 37.9 Å². The van der Waals surface area contributed by atoms with Crippen LogP contribution in [0.5, 0.6) is 0 Å². The SMILES string of the molecule is CCCCCCCCCCCCOCCOCCOCCOCCOCCOCCOCCOC(=O)CCCCCCC. The van der Waals surface area contributed by atoms with E-state index in [-0.39, 0.29) is 5.97 Å². The van der Waals surface area contributed by atoms with Gasteiger partial charge in [-0.1, -0.05) is 97.3 Å². The van der Waals surface area contributed by atoms with Crippen molar-refractivity contribution in [3.05, 3.63) is 0 Å². The minimum absolute atomic E-state index is 0.138. The smallest absolute Gasteiger partial charge is 0.305 e. The van der Waals surface area contributed by atoms with Crippen molar-refractivity contribution in [2.24, 2.45) is 0 Å².